The Bertz CT molecular complexity index is 909. The van der Waals surface area contributed by atoms with Crippen LogP contribution in [0.4, 0.5) is 0 Å². The molecule has 1 aromatic heterocycles. The van der Waals surface area contributed by atoms with Crippen LogP contribution in [0, 0.1) is 18.8 Å². The summed E-state index contributed by atoms with van der Waals surface area (Å²) in [6.07, 6.45) is 8.38. The number of rotatable bonds is 10. The molecule has 1 aliphatic heterocycles. The number of likely N-dealkylation sites (tertiary alicyclic amines) is 1. The van der Waals surface area contributed by atoms with Crippen LogP contribution < -0.4 is 5.32 Å². The van der Waals surface area contributed by atoms with E-state index in [-0.39, 0.29) is 18.4 Å². The Balaban J connectivity index is 0. The van der Waals surface area contributed by atoms with Gasteiger partial charge in [-0.25, -0.2) is 4.98 Å². The van der Waals surface area contributed by atoms with E-state index in [1.54, 1.807) is 11.3 Å². The van der Waals surface area contributed by atoms with E-state index in [4.69, 9.17) is 4.79 Å². The predicted molar refractivity (Wildman–Crippen MR) is 177 cm³/mol. The lowest BCUT2D eigenvalue weighted by molar-refractivity contribution is -0.132. The highest BCUT2D eigenvalue weighted by Gasteiger charge is 2.23. The van der Waals surface area contributed by atoms with Gasteiger partial charge in [-0.2, -0.15) is 0 Å². The number of nitrogens with one attached hydrogen (secondary N) is 1. The molecule has 1 unspecified atom stereocenters. The van der Waals surface area contributed by atoms with Gasteiger partial charge in [0.2, 0.25) is 11.8 Å². The van der Waals surface area contributed by atoms with E-state index in [0.717, 1.165) is 44.0 Å². The third-order valence-corrected chi connectivity index (χ3v) is 6.95. The summed E-state index contributed by atoms with van der Waals surface area (Å²) in [6.45, 7) is 22.9. The normalized spacial score (nSPS) is 13.3. The molecule has 1 aromatic carbocycles. The number of carbonyl (C=O) groups excluding carboxylic acids is 3. The van der Waals surface area contributed by atoms with Crippen molar-refractivity contribution in [3.8, 4) is 10.4 Å². The summed E-state index contributed by atoms with van der Waals surface area (Å²) in [7, 11) is 0. The van der Waals surface area contributed by atoms with Crippen molar-refractivity contribution in [1.29, 1.82) is 0 Å². The van der Waals surface area contributed by atoms with Gasteiger partial charge in [0.1, 0.15) is 6.79 Å². The van der Waals surface area contributed by atoms with Crippen LogP contribution in [0.5, 0.6) is 0 Å². The first kappa shape index (κ1) is 40.6. The Morgan fingerprint density at radius 2 is 1.66 bits per heavy atom. The van der Waals surface area contributed by atoms with Crippen LogP contribution in [0.15, 0.2) is 29.8 Å². The average Bonchev–Trinajstić information content (AvgIpc) is 3.61. The highest BCUT2D eigenvalue weighted by molar-refractivity contribution is 7.13. The zero-order valence-corrected chi connectivity index (χ0v) is 28.4. The molecule has 1 aliphatic rings. The fraction of sp³-hybridized carbons (Fsp3) is 0.647. The summed E-state index contributed by atoms with van der Waals surface area (Å²) in [5.74, 6) is 1.49. The van der Waals surface area contributed by atoms with Gasteiger partial charge < -0.3 is 15.0 Å². The van der Waals surface area contributed by atoms with Gasteiger partial charge in [0, 0.05) is 19.5 Å². The fourth-order valence-electron chi connectivity index (χ4n) is 3.94. The standard InChI is InChI=1S/C14H26N2O2.C13H15NS.C4H10.C2H6.CH2O/c1-3-4-5-6-7-13(17)15-10-14(18)16-9-8-12(2)11-16;1-3-4-11-5-7-12(8-6-11)13-10(2)14-9-15-13;1-4(2)3;2*1-2/h12H,3-11H2,1-2H3,(H,15,17);5-9H,3-4H2,1-2H3;4H,1-3H3;1-2H3;1H2. The van der Waals surface area contributed by atoms with Crippen LogP contribution in [0.2, 0.25) is 0 Å². The van der Waals surface area contributed by atoms with Crippen molar-refractivity contribution in [2.24, 2.45) is 11.8 Å². The summed E-state index contributed by atoms with van der Waals surface area (Å²) in [6, 6.07) is 8.84. The van der Waals surface area contributed by atoms with Gasteiger partial charge in [-0.05, 0) is 49.1 Å². The van der Waals surface area contributed by atoms with Crippen molar-refractivity contribution in [2.75, 3.05) is 19.6 Å². The number of aromatic nitrogens is 1. The van der Waals surface area contributed by atoms with Gasteiger partial charge in [0.15, 0.2) is 0 Å². The fourth-order valence-corrected chi connectivity index (χ4v) is 4.75. The molecule has 0 aliphatic carbocycles. The van der Waals surface area contributed by atoms with E-state index < -0.39 is 0 Å². The third-order valence-electron chi connectivity index (χ3n) is 5.97. The second-order valence-electron chi connectivity index (χ2n) is 10.8. The maximum atomic E-state index is 11.8. The highest BCUT2D eigenvalue weighted by atomic mass is 32.1. The summed E-state index contributed by atoms with van der Waals surface area (Å²) < 4.78 is 0. The Morgan fingerprint density at radius 3 is 2.12 bits per heavy atom. The van der Waals surface area contributed by atoms with Crippen molar-refractivity contribution >= 4 is 29.9 Å². The molecule has 2 aromatic rings. The van der Waals surface area contributed by atoms with Crippen molar-refractivity contribution in [1.82, 2.24) is 15.2 Å². The minimum absolute atomic E-state index is 0.00620. The number of unbranched alkanes of at least 4 members (excludes halogenated alkanes) is 3. The van der Waals surface area contributed by atoms with E-state index in [2.05, 4.69) is 83.0 Å². The molecule has 7 heteroatoms. The second kappa shape index (κ2) is 26.4. The summed E-state index contributed by atoms with van der Waals surface area (Å²) in [4.78, 5) is 38.7. The lowest BCUT2D eigenvalue weighted by atomic mass is 10.1. The molecule has 0 spiro atoms. The molecule has 1 N–H and O–H groups in total. The SMILES string of the molecule is C=O.CC.CC(C)C.CCCCCCC(=O)NCC(=O)N1CCC(C)C1.CCCc1ccc(-c2scnc2C)cc1. The van der Waals surface area contributed by atoms with Crippen LogP contribution in [0.3, 0.4) is 0 Å². The lowest BCUT2D eigenvalue weighted by Crippen LogP contribution is -2.38. The summed E-state index contributed by atoms with van der Waals surface area (Å²) >= 11 is 1.71. The molecule has 1 atom stereocenters. The molecule has 41 heavy (non-hydrogen) atoms. The first-order chi connectivity index (χ1) is 19.7. The minimum Gasteiger partial charge on any atom is -0.347 e. The van der Waals surface area contributed by atoms with Crippen LogP contribution in [-0.4, -0.2) is 48.1 Å². The first-order valence-electron chi connectivity index (χ1n) is 15.5. The van der Waals surface area contributed by atoms with Gasteiger partial charge in [-0.15, -0.1) is 11.3 Å². The van der Waals surface area contributed by atoms with Crippen LogP contribution in [0.1, 0.15) is 112 Å². The topological polar surface area (TPSA) is 79.4 Å². The van der Waals surface area contributed by atoms with E-state index >= 15 is 0 Å². The van der Waals surface area contributed by atoms with Gasteiger partial charge in [0.05, 0.1) is 22.6 Å². The number of hydrogen-bond acceptors (Lipinski definition) is 5. The zero-order chi connectivity index (χ0) is 31.6. The quantitative estimate of drug-likeness (QED) is 0.282. The molecule has 1 saturated heterocycles. The summed E-state index contributed by atoms with van der Waals surface area (Å²) in [5, 5.41) is 2.72. The van der Waals surface area contributed by atoms with E-state index in [9.17, 15) is 9.59 Å². The third kappa shape index (κ3) is 20.1. The maximum Gasteiger partial charge on any atom is 0.241 e. The Morgan fingerprint density at radius 1 is 1.05 bits per heavy atom. The molecule has 6 nitrogen and oxygen atoms in total. The van der Waals surface area contributed by atoms with Gasteiger partial charge >= 0.3 is 0 Å². The lowest BCUT2D eigenvalue weighted by Gasteiger charge is -2.16. The predicted octanol–water partition coefficient (Wildman–Crippen LogP) is 8.52. The van der Waals surface area contributed by atoms with Crippen LogP contribution in [0.25, 0.3) is 10.4 Å². The molecule has 2 heterocycles. The van der Waals surface area contributed by atoms with Crippen LogP contribution >= 0.6 is 11.3 Å². The number of amides is 2. The van der Waals surface area contributed by atoms with Crippen LogP contribution in [-0.2, 0) is 20.8 Å². The number of aryl methyl sites for hydroxylation is 2. The molecular formula is C34H59N3O3S. The molecule has 0 radical (unpaired) electrons. The Labute approximate surface area is 255 Å². The molecular weight excluding hydrogens is 530 g/mol. The highest BCUT2D eigenvalue weighted by Crippen LogP contribution is 2.27. The van der Waals surface area contributed by atoms with Crippen molar-refractivity contribution in [3.05, 3.63) is 41.0 Å². The molecule has 3 rings (SSSR count). The number of thiazole rings is 1. The summed E-state index contributed by atoms with van der Waals surface area (Å²) in [5.41, 5.74) is 5.74. The maximum absolute atomic E-state index is 11.8. The van der Waals surface area contributed by atoms with Gasteiger partial charge in [-0.1, -0.05) is 105 Å². The number of nitrogens with zero attached hydrogens (tertiary/aromatic N) is 2. The molecule has 0 bridgehead atoms. The number of hydrogen-bond donors (Lipinski definition) is 1. The number of carbonyl (C=O) groups is 3. The van der Waals surface area contributed by atoms with E-state index in [1.807, 2.05) is 31.0 Å². The largest absolute Gasteiger partial charge is 0.347 e. The molecule has 234 valence electrons. The Hall–Kier alpha value is -2.54. The van der Waals surface area contributed by atoms with Gasteiger partial charge in [-0.3, -0.25) is 9.59 Å². The van der Waals surface area contributed by atoms with Crippen molar-refractivity contribution < 1.29 is 14.4 Å². The van der Waals surface area contributed by atoms with Crippen molar-refractivity contribution in [3.63, 3.8) is 0 Å². The minimum atomic E-state index is 0.00620. The second-order valence-corrected chi connectivity index (χ2v) is 11.6. The molecule has 2 amide bonds. The van der Waals surface area contributed by atoms with Gasteiger partial charge in [0.25, 0.3) is 0 Å². The van der Waals surface area contributed by atoms with E-state index in [0.29, 0.717) is 12.3 Å². The molecule has 1 fully saturated rings. The molecule has 0 saturated carbocycles. The Kier molecular flexibility index (Phi) is 26.1. The average molecular weight is 590 g/mol. The van der Waals surface area contributed by atoms with E-state index in [1.165, 1.54) is 41.7 Å². The smallest absolute Gasteiger partial charge is 0.241 e. The zero-order valence-electron chi connectivity index (χ0n) is 27.6. The first-order valence-corrected chi connectivity index (χ1v) is 16.4. The van der Waals surface area contributed by atoms with Crippen molar-refractivity contribution in [2.45, 2.75) is 114 Å². The number of benzene rings is 1. The monoisotopic (exact) mass is 589 g/mol.